The maximum atomic E-state index is 13.3. The molecule has 4 rings (SSSR count). The quantitative estimate of drug-likeness (QED) is 0.111. The van der Waals surface area contributed by atoms with Crippen molar-refractivity contribution in [3.8, 4) is 11.5 Å². The van der Waals surface area contributed by atoms with Gasteiger partial charge in [-0.3, -0.25) is 13.2 Å². The van der Waals surface area contributed by atoms with Crippen molar-refractivity contribution < 1.29 is 34.7 Å². The Hall–Kier alpha value is -2.99. The number of carbonyl (C=O) groups is 1. The Morgan fingerprint density at radius 3 is 1.98 bits per heavy atom. The van der Waals surface area contributed by atoms with E-state index in [1.54, 1.807) is 19.9 Å². The van der Waals surface area contributed by atoms with Gasteiger partial charge < -0.3 is 4.74 Å². The summed E-state index contributed by atoms with van der Waals surface area (Å²) >= 11 is 12.2. The highest BCUT2D eigenvalue weighted by molar-refractivity contribution is 7.87. The molecule has 0 radical (unpaired) electrons. The summed E-state index contributed by atoms with van der Waals surface area (Å²) in [5, 5.41) is 1.46. The maximum Gasteiger partial charge on any atom is 0.300 e. The second kappa shape index (κ2) is 13.3. The zero-order valence-corrected chi connectivity index (χ0v) is 27.0. The van der Waals surface area contributed by atoms with Crippen LogP contribution in [0.25, 0.3) is 10.8 Å². The fraction of sp³-hybridized carbons (Fsp3) is 0.258. The normalized spacial score (nSPS) is 12.3. The number of hydrogen-bond donors (Lipinski definition) is 0. The number of ketones is 1. The predicted octanol–water partition coefficient (Wildman–Crippen LogP) is 7.89. The minimum Gasteiger partial charge on any atom is -0.456 e. The summed E-state index contributed by atoms with van der Waals surface area (Å²) in [4.78, 5) is 12.6. The van der Waals surface area contributed by atoms with Crippen LogP contribution in [0, 0.1) is 11.8 Å². The van der Waals surface area contributed by atoms with E-state index in [9.17, 15) is 21.6 Å². The molecule has 0 aliphatic carbocycles. The number of benzene rings is 4. The lowest BCUT2D eigenvalue weighted by molar-refractivity contribution is 0.103. The molecule has 4 aromatic carbocycles. The second-order valence-corrected chi connectivity index (χ2v) is 14.7. The van der Waals surface area contributed by atoms with Gasteiger partial charge in [0.1, 0.15) is 16.4 Å². The van der Waals surface area contributed by atoms with E-state index in [1.165, 1.54) is 66.7 Å². The van der Waals surface area contributed by atoms with E-state index in [0.717, 1.165) is 0 Å². The Morgan fingerprint density at radius 1 is 0.721 bits per heavy atom. The van der Waals surface area contributed by atoms with Crippen LogP contribution in [0.3, 0.4) is 0 Å². The van der Waals surface area contributed by atoms with Crippen molar-refractivity contribution in [3.63, 3.8) is 0 Å². The van der Waals surface area contributed by atoms with Gasteiger partial charge in [0.15, 0.2) is 5.78 Å². The van der Waals surface area contributed by atoms with Gasteiger partial charge in [-0.05, 0) is 89.3 Å². The van der Waals surface area contributed by atoms with Crippen LogP contribution in [0.15, 0.2) is 82.6 Å². The summed E-state index contributed by atoms with van der Waals surface area (Å²) in [5.74, 6) is -0.230. The van der Waals surface area contributed by atoms with Crippen LogP contribution in [0.2, 0.25) is 10.0 Å². The number of carbonyl (C=O) groups excluding carboxylic acids is 1. The molecule has 0 aliphatic rings. The van der Waals surface area contributed by atoms with Crippen molar-refractivity contribution in [2.24, 2.45) is 11.8 Å². The maximum absolute atomic E-state index is 13.3. The lowest BCUT2D eigenvalue weighted by atomic mass is 10.0. The third-order valence-corrected chi connectivity index (χ3v) is 9.21. The topological polar surface area (TPSA) is 113 Å². The molecule has 0 saturated heterocycles. The summed E-state index contributed by atoms with van der Waals surface area (Å²) in [6, 6.07) is 17.7. The van der Waals surface area contributed by atoms with E-state index >= 15 is 0 Å². The predicted molar refractivity (Wildman–Crippen MR) is 166 cm³/mol. The second-order valence-electron chi connectivity index (χ2n) is 10.7. The molecule has 0 unspecified atom stereocenters. The lowest BCUT2D eigenvalue weighted by Crippen LogP contribution is -2.12. The van der Waals surface area contributed by atoms with Gasteiger partial charge in [-0.2, -0.15) is 16.8 Å². The fourth-order valence-electron chi connectivity index (χ4n) is 3.88. The summed E-state index contributed by atoms with van der Waals surface area (Å²) < 4.78 is 68.4. The Morgan fingerprint density at radius 2 is 1.35 bits per heavy atom. The van der Waals surface area contributed by atoms with Gasteiger partial charge in [0.25, 0.3) is 10.1 Å². The van der Waals surface area contributed by atoms with E-state index in [0.29, 0.717) is 21.4 Å². The van der Waals surface area contributed by atoms with Crippen LogP contribution in [0.1, 0.15) is 43.6 Å². The lowest BCUT2D eigenvalue weighted by Gasteiger charge is -2.15. The molecule has 0 aromatic heterocycles. The molecule has 0 aliphatic heterocycles. The molecule has 0 atom stereocenters. The van der Waals surface area contributed by atoms with E-state index < -0.39 is 20.2 Å². The number of fused-ring (bicyclic) bond motifs is 1. The molecule has 0 amide bonds. The van der Waals surface area contributed by atoms with E-state index in [1.807, 2.05) is 13.8 Å². The number of ether oxygens (including phenoxy) is 1. The monoisotopic (exact) mass is 664 g/mol. The summed E-state index contributed by atoms with van der Waals surface area (Å²) in [5.41, 5.74) is 0.556. The van der Waals surface area contributed by atoms with Gasteiger partial charge in [-0.25, -0.2) is 0 Å². The van der Waals surface area contributed by atoms with Gasteiger partial charge in [0.05, 0.1) is 23.1 Å². The molecule has 228 valence electrons. The zero-order valence-electron chi connectivity index (χ0n) is 23.8. The smallest absolute Gasteiger partial charge is 0.300 e. The van der Waals surface area contributed by atoms with Crippen molar-refractivity contribution in [2.75, 3.05) is 13.2 Å². The van der Waals surface area contributed by atoms with Gasteiger partial charge in [0, 0.05) is 16.1 Å². The van der Waals surface area contributed by atoms with Crippen molar-refractivity contribution in [2.45, 2.75) is 37.5 Å². The molecule has 4 aromatic rings. The highest BCUT2D eigenvalue weighted by atomic mass is 35.5. The minimum absolute atomic E-state index is 0.00629. The van der Waals surface area contributed by atoms with Crippen molar-refractivity contribution in [1.29, 1.82) is 0 Å². The highest BCUT2D eigenvalue weighted by Gasteiger charge is 2.25. The summed E-state index contributed by atoms with van der Waals surface area (Å²) in [6.45, 7) is 7.20. The molecular weight excluding hydrogens is 635 g/mol. The summed E-state index contributed by atoms with van der Waals surface area (Å²) in [7, 11) is -8.39. The van der Waals surface area contributed by atoms with Crippen molar-refractivity contribution >= 4 is 60.0 Å². The first kappa shape index (κ1) is 32.9. The number of hydrogen-bond acceptors (Lipinski definition) is 8. The largest absolute Gasteiger partial charge is 0.456 e. The van der Waals surface area contributed by atoms with E-state index in [4.69, 9.17) is 36.3 Å². The van der Waals surface area contributed by atoms with E-state index in [2.05, 4.69) is 0 Å². The first-order chi connectivity index (χ1) is 20.2. The molecular formula is C31H30Cl2O8S2. The Bertz CT molecular complexity index is 1870. The molecule has 0 saturated carbocycles. The molecule has 43 heavy (non-hydrogen) atoms. The molecule has 0 bridgehead atoms. The third kappa shape index (κ3) is 8.14. The van der Waals surface area contributed by atoms with Gasteiger partial charge in [0.2, 0.25) is 0 Å². The number of halogens is 2. The summed E-state index contributed by atoms with van der Waals surface area (Å²) in [6.07, 6.45) is 0. The van der Waals surface area contributed by atoms with Crippen LogP contribution in [-0.2, 0) is 28.6 Å². The van der Waals surface area contributed by atoms with Crippen LogP contribution in [0.5, 0.6) is 11.5 Å². The van der Waals surface area contributed by atoms with E-state index in [-0.39, 0.29) is 62.7 Å². The molecule has 8 nitrogen and oxygen atoms in total. The van der Waals surface area contributed by atoms with Gasteiger partial charge in [-0.1, -0.05) is 57.0 Å². The minimum atomic E-state index is -4.32. The van der Waals surface area contributed by atoms with Gasteiger partial charge >= 0.3 is 10.1 Å². The molecule has 0 N–H and O–H groups in total. The third-order valence-electron chi connectivity index (χ3n) is 6.06. The first-order valence-corrected chi connectivity index (χ1v) is 16.9. The van der Waals surface area contributed by atoms with Gasteiger partial charge in [-0.15, -0.1) is 0 Å². The zero-order chi connectivity index (χ0) is 31.5. The van der Waals surface area contributed by atoms with Crippen LogP contribution < -0.4 is 4.74 Å². The van der Waals surface area contributed by atoms with Crippen LogP contribution >= 0.6 is 23.2 Å². The Kier molecular flexibility index (Phi) is 10.2. The SMILES string of the molecule is CC(C)COS(=O)(=O)c1ccc2cc(Oc3ccc(C(=O)c4cc(Cl)ccc4Cl)cc3)c(S(=O)(=O)OCC(C)C)cc2c1. The molecule has 0 heterocycles. The van der Waals surface area contributed by atoms with Crippen molar-refractivity contribution in [3.05, 3.63) is 94.0 Å². The van der Waals surface area contributed by atoms with Crippen molar-refractivity contribution in [1.82, 2.24) is 0 Å². The molecule has 0 fully saturated rings. The highest BCUT2D eigenvalue weighted by Crippen LogP contribution is 2.36. The van der Waals surface area contributed by atoms with Crippen LogP contribution in [-0.4, -0.2) is 35.8 Å². The Balaban J connectivity index is 1.72. The van der Waals surface area contributed by atoms with Crippen LogP contribution in [0.4, 0.5) is 0 Å². The fourth-order valence-corrected chi connectivity index (χ4v) is 6.54. The first-order valence-electron chi connectivity index (χ1n) is 13.3. The number of rotatable bonds is 12. The molecule has 12 heteroatoms. The Labute approximate surface area is 261 Å². The average Bonchev–Trinajstić information content (AvgIpc) is 2.95. The molecule has 0 spiro atoms. The standard InChI is InChI=1S/C31H30Cl2O8S2/c1-19(2)17-39-42(35,36)26-11-7-22-14-29(30(15-23(22)13-26)43(37,38)40-18-20(3)4)41-25-9-5-21(6-10-25)31(34)27-16-24(32)8-12-28(27)33/h5-16,19-20H,17-18H2,1-4H3. The average molecular weight is 666 g/mol.